The van der Waals surface area contributed by atoms with Gasteiger partial charge in [-0.2, -0.15) is 0 Å². The minimum Gasteiger partial charge on any atom is -0.494 e. The molecule has 1 aliphatic carbocycles. The molecule has 1 fully saturated rings. The van der Waals surface area contributed by atoms with Crippen LogP contribution < -0.4 is 15.8 Å². The maximum atomic E-state index is 10.6. The van der Waals surface area contributed by atoms with Gasteiger partial charge in [-0.1, -0.05) is 0 Å². The topological polar surface area (TPSA) is 90.4 Å². The van der Waals surface area contributed by atoms with Crippen molar-refractivity contribution in [1.82, 2.24) is 0 Å². The maximum Gasteiger partial charge on any atom is 0.273 e. The van der Waals surface area contributed by atoms with Gasteiger partial charge < -0.3 is 15.8 Å². The Hall–Kier alpha value is -1.82. The molecule has 0 radical (unpaired) electrons. The summed E-state index contributed by atoms with van der Waals surface area (Å²) >= 11 is 0. The lowest BCUT2D eigenvalue weighted by Crippen LogP contribution is -2.44. The summed E-state index contributed by atoms with van der Waals surface area (Å²) in [5.74, 6) is 0.486. The number of nitro groups is 1. The molecule has 0 aromatic heterocycles. The van der Waals surface area contributed by atoms with Crippen LogP contribution in [0.3, 0.4) is 0 Å². The first-order chi connectivity index (χ1) is 8.10. The Labute approximate surface area is 98.9 Å². The zero-order chi connectivity index (χ0) is 12.4. The van der Waals surface area contributed by atoms with Crippen LogP contribution >= 0.6 is 0 Å². The standard InChI is InChI=1S/C11H15N3O3/c1-17-11-6-9(14(15)16)2-3-10(11)13-8-4-7(12)5-8/h2-3,6-8,13H,4-5,12H2,1H3. The van der Waals surface area contributed by atoms with Gasteiger partial charge in [-0.3, -0.25) is 10.1 Å². The third-order valence-electron chi connectivity index (χ3n) is 2.93. The van der Waals surface area contributed by atoms with Crippen LogP contribution in [0.15, 0.2) is 18.2 Å². The van der Waals surface area contributed by atoms with Crippen LogP contribution in [0.25, 0.3) is 0 Å². The van der Waals surface area contributed by atoms with Gasteiger partial charge in [0.1, 0.15) is 5.75 Å². The second-order valence-corrected chi connectivity index (χ2v) is 4.21. The minimum absolute atomic E-state index is 0.0257. The van der Waals surface area contributed by atoms with Crippen LogP contribution in [0.5, 0.6) is 5.75 Å². The normalized spacial score (nSPS) is 22.7. The van der Waals surface area contributed by atoms with E-state index in [2.05, 4.69) is 5.32 Å². The molecule has 0 saturated heterocycles. The van der Waals surface area contributed by atoms with Crippen LogP contribution in [0.1, 0.15) is 12.8 Å². The molecule has 1 saturated carbocycles. The van der Waals surface area contributed by atoms with E-state index in [1.807, 2.05) is 0 Å². The van der Waals surface area contributed by atoms with Gasteiger partial charge in [0.05, 0.1) is 23.8 Å². The maximum absolute atomic E-state index is 10.6. The zero-order valence-corrected chi connectivity index (χ0v) is 9.55. The number of non-ortho nitro benzene ring substituents is 1. The average molecular weight is 237 g/mol. The monoisotopic (exact) mass is 237 g/mol. The predicted molar refractivity (Wildman–Crippen MR) is 64.3 cm³/mol. The average Bonchev–Trinajstić information content (AvgIpc) is 2.27. The minimum atomic E-state index is -0.439. The first kappa shape index (κ1) is 11.7. The quantitative estimate of drug-likeness (QED) is 0.611. The number of ether oxygens (including phenoxy) is 1. The fourth-order valence-corrected chi connectivity index (χ4v) is 1.91. The number of hydrogen-bond donors (Lipinski definition) is 2. The van der Waals surface area contributed by atoms with E-state index in [4.69, 9.17) is 10.5 Å². The van der Waals surface area contributed by atoms with Crippen LogP contribution in [-0.4, -0.2) is 24.1 Å². The summed E-state index contributed by atoms with van der Waals surface area (Å²) in [5.41, 5.74) is 6.50. The van der Waals surface area contributed by atoms with Gasteiger partial charge in [-0.15, -0.1) is 0 Å². The molecule has 0 bridgehead atoms. The largest absolute Gasteiger partial charge is 0.494 e. The number of rotatable bonds is 4. The van der Waals surface area contributed by atoms with Crippen molar-refractivity contribution in [1.29, 1.82) is 0 Å². The summed E-state index contributed by atoms with van der Waals surface area (Å²) in [5, 5.41) is 13.9. The van der Waals surface area contributed by atoms with E-state index < -0.39 is 4.92 Å². The highest BCUT2D eigenvalue weighted by Gasteiger charge is 2.26. The Balaban J connectivity index is 2.13. The van der Waals surface area contributed by atoms with Crippen LogP contribution in [-0.2, 0) is 0 Å². The van der Waals surface area contributed by atoms with Crippen molar-refractivity contribution in [3.05, 3.63) is 28.3 Å². The number of benzene rings is 1. The molecule has 17 heavy (non-hydrogen) atoms. The number of anilines is 1. The van der Waals surface area contributed by atoms with E-state index in [9.17, 15) is 10.1 Å². The highest BCUT2D eigenvalue weighted by atomic mass is 16.6. The number of nitrogens with zero attached hydrogens (tertiary/aromatic N) is 1. The molecule has 0 amide bonds. The van der Waals surface area contributed by atoms with E-state index in [0.717, 1.165) is 18.5 Å². The van der Waals surface area contributed by atoms with Gasteiger partial charge in [0, 0.05) is 18.2 Å². The number of nitrogens with one attached hydrogen (secondary N) is 1. The zero-order valence-electron chi connectivity index (χ0n) is 9.55. The summed E-state index contributed by atoms with van der Waals surface area (Å²) in [4.78, 5) is 10.2. The number of hydrogen-bond acceptors (Lipinski definition) is 5. The SMILES string of the molecule is COc1cc([N+](=O)[O-])ccc1NC1CC(N)C1. The molecule has 0 unspecified atom stereocenters. The van der Waals surface area contributed by atoms with Crippen molar-refractivity contribution in [2.75, 3.05) is 12.4 Å². The Morgan fingerprint density at radius 1 is 1.53 bits per heavy atom. The van der Waals surface area contributed by atoms with Crippen molar-refractivity contribution >= 4 is 11.4 Å². The first-order valence-corrected chi connectivity index (χ1v) is 5.44. The summed E-state index contributed by atoms with van der Waals surface area (Å²) in [6, 6.07) is 5.14. The molecule has 2 rings (SSSR count). The second kappa shape index (κ2) is 4.58. The lowest BCUT2D eigenvalue weighted by molar-refractivity contribution is -0.384. The van der Waals surface area contributed by atoms with Gasteiger partial charge in [-0.05, 0) is 18.9 Å². The second-order valence-electron chi connectivity index (χ2n) is 4.21. The van der Waals surface area contributed by atoms with E-state index >= 15 is 0 Å². The molecule has 6 heteroatoms. The third-order valence-corrected chi connectivity index (χ3v) is 2.93. The van der Waals surface area contributed by atoms with Gasteiger partial charge in [0.25, 0.3) is 5.69 Å². The molecule has 6 nitrogen and oxygen atoms in total. The molecule has 1 aliphatic rings. The summed E-state index contributed by atoms with van der Waals surface area (Å²) in [6.07, 6.45) is 1.83. The molecule has 1 aromatic carbocycles. The number of methoxy groups -OCH3 is 1. The van der Waals surface area contributed by atoms with Gasteiger partial charge in [0.15, 0.2) is 0 Å². The highest BCUT2D eigenvalue weighted by molar-refractivity contribution is 5.61. The molecule has 92 valence electrons. The smallest absolute Gasteiger partial charge is 0.273 e. The number of nitro benzene ring substituents is 1. The molecular formula is C11H15N3O3. The van der Waals surface area contributed by atoms with Crippen molar-refractivity contribution < 1.29 is 9.66 Å². The van der Waals surface area contributed by atoms with E-state index in [0.29, 0.717) is 11.8 Å². The molecule has 0 atom stereocenters. The van der Waals surface area contributed by atoms with E-state index in [1.165, 1.54) is 19.2 Å². The summed E-state index contributed by atoms with van der Waals surface area (Å²) < 4.78 is 5.13. The van der Waals surface area contributed by atoms with Crippen molar-refractivity contribution in [3.8, 4) is 5.75 Å². The molecule has 0 aliphatic heterocycles. The van der Waals surface area contributed by atoms with Gasteiger partial charge >= 0.3 is 0 Å². The molecular weight excluding hydrogens is 222 g/mol. The van der Waals surface area contributed by atoms with Gasteiger partial charge in [0.2, 0.25) is 0 Å². The lowest BCUT2D eigenvalue weighted by Gasteiger charge is -2.34. The Kier molecular flexibility index (Phi) is 3.14. The molecule has 0 spiro atoms. The summed E-state index contributed by atoms with van der Waals surface area (Å²) in [7, 11) is 1.50. The Bertz CT molecular complexity index is 430. The molecule has 0 heterocycles. The third kappa shape index (κ3) is 2.47. The fraction of sp³-hybridized carbons (Fsp3) is 0.455. The predicted octanol–water partition coefficient (Wildman–Crippen LogP) is 1.50. The van der Waals surface area contributed by atoms with Gasteiger partial charge in [-0.25, -0.2) is 0 Å². The van der Waals surface area contributed by atoms with Crippen LogP contribution in [0.2, 0.25) is 0 Å². The lowest BCUT2D eigenvalue weighted by atomic mass is 9.87. The van der Waals surface area contributed by atoms with Crippen LogP contribution in [0.4, 0.5) is 11.4 Å². The Morgan fingerprint density at radius 3 is 2.76 bits per heavy atom. The van der Waals surface area contributed by atoms with E-state index in [-0.39, 0.29) is 11.7 Å². The fourth-order valence-electron chi connectivity index (χ4n) is 1.91. The summed E-state index contributed by atoms with van der Waals surface area (Å²) in [6.45, 7) is 0. The molecule has 1 aromatic rings. The van der Waals surface area contributed by atoms with E-state index in [1.54, 1.807) is 6.07 Å². The Morgan fingerprint density at radius 2 is 2.24 bits per heavy atom. The van der Waals surface area contributed by atoms with Crippen molar-refractivity contribution in [3.63, 3.8) is 0 Å². The molecule has 3 N–H and O–H groups in total. The first-order valence-electron chi connectivity index (χ1n) is 5.44. The van der Waals surface area contributed by atoms with Crippen LogP contribution in [0, 0.1) is 10.1 Å². The van der Waals surface area contributed by atoms with Crippen molar-refractivity contribution in [2.24, 2.45) is 5.73 Å². The van der Waals surface area contributed by atoms with Crippen molar-refractivity contribution in [2.45, 2.75) is 24.9 Å². The number of nitrogens with two attached hydrogens (primary N) is 1. The highest BCUT2D eigenvalue weighted by Crippen LogP contribution is 2.32.